The van der Waals surface area contributed by atoms with Crippen molar-refractivity contribution in [2.24, 2.45) is 5.92 Å². The van der Waals surface area contributed by atoms with E-state index in [4.69, 9.17) is 0 Å². The molecule has 0 radical (unpaired) electrons. The number of carbonyl (C=O) groups is 2. The molecule has 2 aliphatic heterocycles. The molecule has 1 aromatic rings. The number of amides is 2. The Bertz CT molecular complexity index is 804. The first-order chi connectivity index (χ1) is 12.2. The van der Waals surface area contributed by atoms with Crippen LogP contribution in [0.3, 0.4) is 0 Å². The average molecular weight is 379 g/mol. The van der Waals surface area contributed by atoms with E-state index < -0.39 is 22.1 Å². The van der Waals surface area contributed by atoms with Gasteiger partial charge in [-0.25, -0.2) is 8.42 Å². The number of nitrogens with one attached hydrogen (secondary N) is 1. The van der Waals surface area contributed by atoms with Crippen LogP contribution in [0.25, 0.3) is 0 Å². The van der Waals surface area contributed by atoms with Crippen molar-refractivity contribution < 1.29 is 18.0 Å². The second-order valence-corrected chi connectivity index (χ2v) is 9.35. The van der Waals surface area contributed by atoms with E-state index in [0.29, 0.717) is 6.42 Å². The van der Waals surface area contributed by atoms with Gasteiger partial charge in [-0.3, -0.25) is 9.59 Å². The molecule has 2 heterocycles. The quantitative estimate of drug-likeness (QED) is 0.836. The summed E-state index contributed by atoms with van der Waals surface area (Å²) in [5, 5.41) is 2.76. The van der Waals surface area contributed by atoms with Gasteiger partial charge in [0.05, 0.1) is 4.90 Å². The molecule has 1 N–H and O–H groups in total. The number of aryl methyl sites for hydroxylation is 1. The Morgan fingerprint density at radius 1 is 1.15 bits per heavy atom. The molecular weight excluding hydrogens is 354 g/mol. The Hall–Kier alpha value is -1.93. The monoisotopic (exact) mass is 379 g/mol. The minimum atomic E-state index is -3.69. The summed E-state index contributed by atoms with van der Waals surface area (Å²) in [4.78, 5) is 26.9. The van der Waals surface area contributed by atoms with Crippen LogP contribution >= 0.6 is 0 Å². The highest BCUT2D eigenvalue weighted by molar-refractivity contribution is 7.89. The van der Waals surface area contributed by atoms with Crippen LogP contribution in [0.1, 0.15) is 25.8 Å². The van der Waals surface area contributed by atoms with Crippen LogP contribution in [0.15, 0.2) is 29.2 Å². The van der Waals surface area contributed by atoms with Gasteiger partial charge in [0.15, 0.2) is 0 Å². The lowest BCUT2D eigenvalue weighted by Crippen LogP contribution is -2.69. The molecule has 0 spiro atoms. The van der Waals surface area contributed by atoms with Gasteiger partial charge in [-0.15, -0.1) is 0 Å². The summed E-state index contributed by atoms with van der Waals surface area (Å²) in [5.74, 6) is -0.112. The Labute approximate surface area is 154 Å². The van der Waals surface area contributed by atoms with Gasteiger partial charge in [0.2, 0.25) is 21.8 Å². The van der Waals surface area contributed by atoms with Crippen molar-refractivity contribution in [1.29, 1.82) is 0 Å². The second kappa shape index (κ2) is 7.00. The number of benzene rings is 1. The molecule has 2 saturated heterocycles. The molecular formula is C18H25N3O4S. The predicted molar refractivity (Wildman–Crippen MR) is 96.8 cm³/mol. The normalized spacial score (nSPS) is 24.5. The summed E-state index contributed by atoms with van der Waals surface area (Å²) >= 11 is 0. The molecule has 2 aliphatic rings. The van der Waals surface area contributed by atoms with Crippen LogP contribution < -0.4 is 5.32 Å². The summed E-state index contributed by atoms with van der Waals surface area (Å²) in [6.45, 7) is 6.30. The Morgan fingerprint density at radius 3 is 2.42 bits per heavy atom. The first-order valence-electron chi connectivity index (χ1n) is 8.88. The molecule has 2 amide bonds. The predicted octanol–water partition coefficient (Wildman–Crippen LogP) is 0.741. The van der Waals surface area contributed by atoms with E-state index >= 15 is 0 Å². The molecule has 0 aromatic heterocycles. The lowest BCUT2D eigenvalue weighted by molar-refractivity contribution is -0.152. The van der Waals surface area contributed by atoms with Crippen molar-refractivity contribution in [2.75, 3.05) is 19.6 Å². The highest BCUT2D eigenvalue weighted by atomic mass is 32.2. The molecule has 0 bridgehead atoms. The van der Waals surface area contributed by atoms with Gasteiger partial charge in [0.25, 0.3) is 0 Å². The maximum atomic E-state index is 12.9. The van der Waals surface area contributed by atoms with Gasteiger partial charge < -0.3 is 10.2 Å². The van der Waals surface area contributed by atoms with Gasteiger partial charge in [0.1, 0.15) is 12.1 Å². The fraction of sp³-hybridized carbons (Fsp3) is 0.556. The number of fused-ring (bicyclic) bond motifs is 1. The molecule has 26 heavy (non-hydrogen) atoms. The van der Waals surface area contributed by atoms with E-state index in [9.17, 15) is 18.0 Å². The fourth-order valence-electron chi connectivity index (χ4n) is 3.48. The molecule has 3 rings (SSSR count). The van der Waals surface area contributed by atoms with Crippen molar-refractivity contribution in [1.82, 2.24) is 14.5 Å². The first-order valence-corrected chi connectivity index (χ1v) is 10.3. The highest BCUT2D eigenvalue weighted by Gasteiger charge is 2.45. The summed E-state index contributed by atoms with van der Waals surface area (Å²) in [5.41, 5.74) is 0.974. The number of sulfonamides is 1. The van der Waals surface area contributed by atoms with Gasteiger partial charge >= 0.3 is 0 Å². The van der Waals surface area contributed by atoms with Gasteiger partial charge in [0, 0.05) is 19.6 Å². The summed E-state index contributed by atoms with van der Waals surface area (Å²) in [6.07, 6.45) is 0.583. The van der Waals surface area contributed by atoms with E-state index in [0.717, 1.165) is 5.56 Å². The molecule has 2 fully saturated rings. The van der Waals surface area contributed by atoms with Gasteiger partial charge in [-0.1, -0.05) is 31.5 Å². The van der Waals surface area contributed by atoms with Crippen LogP contribution in [0, 0.1) is 12.8 Å². The standard InChI is InChI=1S/C18H25N3O4S/c1-12(2)10-15-18(23)21-9-8-20(11-16(21)17(22)19-15)26(24,25)14-6-4-13(3)5-7-14/h4-7,12,15-16H,8-11H2,1-3H3,(H,19,22)/t15-,16+/m0/s1. The summed E-state index contributed by atoms with van der Waals surface area (Å²) < 4.78 is 27.0. The van der Waals surface area contributed by atoms with Crippen LogP contribution in [0.5, 0.6) is 0 Å². The lowest BCUT2D eigenvalue weighted by atomic mass is 9.97. The topological polar surface area (TPSA) is 86.8 Å². The smallest absolute Gasteiger partial charge is 0.245 e. The molecule has 8 heteroatoms. The van der Waals surface area contributed by atoms with Crippen LogP contribution in [-0.4, -0.2) is 61.2 Å². The van der Waals surface area contributed by atoms with E-state index in [1.807, 2.05) is 20.8 Å². The van der Waals surface area contributed by atoms with Crippen molar-refractivity contribution in [3.63, 3.8) is 0 Å². The van der Waals surface area contributed by atoms with E-state index in [2.05, 4.69) is 5.32 Å². The average Bonchev–Trinajstić information content (AvgIpc) is 2.59. The number of rotatable bonds is 4. The van der Waals surface area contributed by atoms with E-state index in [1.54, 1.807) is 24.3 Å². The zero-order valence-electron chi connectivity index (χ0n) is 15.3. The van der Waals surface area contributed by atoms with Crippen molar-refractivity contribution in [2.45, 2.75) is 44.2 Å². The van der Waals surface area contributed by atoms with Crippen LogP contribution in [-0.2, 0) is 19.6 Å². The first kappa shape index (κ1) is 18.8. The minimum absolute atomic E-state index is 0.0117. The third-order valence-corrected chi connectivity index (χ3v) is 6.79. The maximum absolute atomic E-state index is 12.9. The number of hydrogen-bond donors (Lipinski definition) is 1. The third-order valence-electron chi connectivity index (χ3n) is 4.91. The molecule has 2 atom stereocenters. The van der Waals surface area contributed by atoms with E-state index in [1.165, 1.54) is 9.21 Å². The Balaban J connectivity index is 1.78. The summed E-state index contributed by atoms with van der Waals surface area (Å²) in [6, 6.07) is 5.36. The number of nitrogens with zero attached hydrogens (tertiary/aromatic N) is 2. The highest BCUT2D eigenvalue weighted by Crippen LogP contribution is 2.24. The molecule has 142 valence electrons. The van der Waals surface area contributed by atoms with Crippen molar-refractivity contribution in [3.05, 3.63) is 29.8 Å². The Kier molecular flexibility index (Phi) is 5.07. The summed E-state index contributed by atoms with van der Waals surface area (Å²) in [7, 11) is -3.69. The van der Waals surface area contributed by atoms with Crippen LogP contribution in [0.4, 0.5) is 0 Å². The molecule has 7 nitrogen and oxygen atoms in total. The Morgan fingerprint density at radius 2 is 1.81 bits per heavy atom. The lowest BCUT2D eigenvalue weighted by Gasteiger charge is -2.45. The SMILES string of the molecule is Cc1ccc(S(=O)(=O)N2CCN3C(=O)[C@H](CC(C)C)NC(=O)[C@H]3C2)cc1. The van der Waals surface area contributed by atoms with E-state index in [-0.39, 0.29) is 42.3 Å². The zero-order valence-corrected chi connectivity index (χ0v) is 16.1. The van der Waals surface area contributed by atoms with Crippen molar-refractivity contribution >= 4 is 21.8 Å². The van der Waals surface area contributed by atoms with Crippen molar-refractivity contribution in [3.8, 4) is 0 Å². The van der Waals surface area contributed by atoms with Crippen LogP contribution in [0.2, 0.25) is 0 Å². The molecule has 0 unspecified atom stereocenters. The maximum Gasteiger partial charge on any atom is 0.245 e. The third kappa shape index (κ3) is 3.48. The second-order valence-electron chi connectivity index (χ2n) is 7.41. The van der Waals surface area contributed by atoms with Gasteiger partial charge in [-0.05, 0) is 31.4 Å². The molecule has 1 aromatic carbocycles. The minimum Gasteiger partial charge on any atom is -0.342 e. The fourth-order valence-corrected chi connectivity index (χ4v) is 4.92. The zero-order chi connectivity index (χ0) is 19.1. The number of hydrogen-bond acceptors (Lipinski definition) is 4. The largest absolute Gasteiger partial charge is 0.342 e. The number of carbonyl (C=O) groups excluding carboxylic acids is 2. The molecule has 0 aliphatic carbocycles. The molecule has 0 saturated carbocycles. The van der Waals surface area contributed by atoms with Gasteiger partial charge in [-0.2, -0.15) is 4.31 Å². The number of piperazine rings is 2.